The van der Waals surface area contributed by atoms with Gasteiger partial charge in [0.25, 0.3) is 0 Å². The van der Waals surface area contributed by atoms with Crippen LogP contribution in [-0.2, 0) is 10.5 Å². The Labute approximate surface area is 243 Å². The zero-order valence-corrected chi connectivity index (χ0v) is 25.4. The van der Waals surface area contributed by atoms with Gasteiger partial charge in [0.05, 0.1) is 18.8 Å². The smallest absolute Gasteiger partial charge is 0.220 e. The maximum atomic E-state index is 12.8. The lowest BCUT2D eigenvalue weighted by Crippen LogP contribution is -2.28. The van der Waals surface area contributed by atoms with E-state index in [1.54, 1.807) is 18.9 Å². The van der Waals surface area contributed by atoms with E-state index in [0.717, 1.165) is 40.6 Å². The Morgan fingerprint density at radius 3 is 2.46 bits per heavy atom. The number of hydrogen-bond donors (Lipinski definition) is 1. The zero-order valence-electron chi connectivity index (χ0n) is 23.8. The number of unbranched alkanes of at least 4 members (excludes halogenated alkanes) is 8. The first kappa shape index (κ1) is 31.0. The number of amides is 1. The Hall–Kier alpha value is -2.51. The molecular formula is C31H43ClN4O2S. The van der Waals surface area contributed by atoms with Crippen LogP contribution < -0.4 is 10.1 Å². The van der Waals surface area contributed by atoms with E-state index >= 15 is 0 Å². The fourth-order valence-corrected chi connectivity index (χ4v) is 5.65. The molecule has 1 aromatic heterocycles. The van der Waals surface area contributed by atoms with Crippen LogP contribution in [0.4, 0.5) is 0 Å². The molecule has 3 aromatic rings. The second-order valence-corrected chi connectivity index (χ2v) is 11.5. The zero-order chi connectivity index (χ0) is 28.0. The standard InChI is InChI=1S/C31H43ClN4O2S/c1-5-6-7-8-9-10-11-12-13-17-29(37)33-24(3)30-34-35-31(36(30)28-21-26(32)19-18-23(28)2)39-22-25-15-14-16-27(20-25)38-4/h14-16,18-21,24H,5-13,17,22H2,1-4H3,(H,33,37). The third-order valence-electron chi connectivity index (χ3n) is 6.84. The Kier molecular flexibility index (Phi) is 13.2. The van der Waals surface area contributed by atoms with Gasteiger partial charge >= 0.3 is 0 Å². The summed E-state index contributed by atoms with van der Waals surface area (Å²) in [5.74, 6) is 2.26. The van der Waals surface area contributed by atoms with E-state index in [1.807, 2.05) is 54.8 Å². The number of rotatable bonds is 17. The predicted octanol–water partition coefficient (Wildman–Crippen LogP) is 8.63. The third kappa shape index (κ3) is 9.87. The average Bonchev–Trinajstić information content (AvgIpc) is 3.36. The lowest BCUT2D eigenvalue weighted by Gasteiger charge is -2.18. The quantitative estimate of drug-likeness (QED) is 0.130. The number of nitrogens with one attached hydrogen (secondary N) is 1. The van der Waals surface area contributed by atoms with Crippen LogP contribution in [0.2, 0.25) is 5.02 Å². The van der Waals surface area contributed by atoms with Crippen molar-refractivity contribution in [1.82, 2.24) is 20.1 Å². The van der Waals surface area contributed by atoms with Crippen molar-refractivity contribution < 1.29 is 9.53 Å². The molecule has 8 heteroatoms. The highest BCUT2D eigenvalue weighted by molar-refractivity contribution is 7.98. The van der Waals surface area contributed by atoms with E-state index in [4.69, 9.17) is 16.3 Å². The molecule has 1 amide bonds. The van der Waals surface area contributed by atoms with Gasteiger partial charge in [-0.2, -0.15) is 0 Å². The van der Waals surface area contributed by atoms with Crippen molar-refractivity contribution in [1.29, 1.82) is 0 Å². The topological polar surface area (TPSA) is 69.0 Å². The second kappa shape index (κ2) is 16.6. The molecule has 6 nitrogen and oxygen atoms in total. The fourth-order valence-electron chi connectivity index (χ4n) is 4.59. The molecule has 0 saturated heterocycles. The van der Waals surface area contributed by atoms with Crippen LogP contribution in [0.3, 0.4) is 0 Å². The van der Waals surface area contributed by atoms with Gasteiger partial charge in [-0.25, -0.2) is 0 Å². The average molecular weight is 571 g/mol. The molecule has 1 heterocycles. The highest BCUT2D eigenvalue weighted by Gasteiger charge is 2.22. The highest BCUT2D eigenvalue weighted by atomic mass is 35.5. The van der Waals surface area contributed by atoms with E-state index in [0.29, 0.717) is 23.0 Å². The molecule has 39 heavy (non-hydrogen) atoms. The molecule has 212 valence electrons. The first-order valence-corrected chi connectivity index (χ1v) is 15.6. The monoisotopic (exact) mass is 570 g/mol. The van der Waals surface area contributed by atoms with Crippen molar-refractivity contribution in [3.8, 4) is 11.4 Å². The number of nitrogens with zero attached hydrogens (tertiary/aromatic N) is 3. The highest BCUT2D eigenvalue weighted by Crippen LogP contribution is 2.31. The number of aryl methyl sites for hydroxylation is 1. The van der Waals surface area contributed by atoms with Crippen molar-refractivity contribution in [2.45, 2.75) is 102 Å². The SMILES string of the molecule is CCCCCCCCCCCC(=O)NC(C)c1nnc(SCc2cccc(OC)c2)n1-c1cc(Cl)ccc1C. The Morgan fingerprint density at radius 1 is 1.03 bits per heavy atom. The van der Waals surface area contributed by atoms with E-state index in [9.17, 15) is 4.79 Å². The maximum absolute atomic E-state index is 12.8. The number of hydrogen-bond acceptors (Lipinski definition) is 5. The Bertz CT molecular complexity index is 1180. The van der Waals surface area contributed by atoms with Gasteiger partial charge in [0, 0.05) is 17.2 Å². The molecule has 0 fully saturated rings. The lowest BCUT2D eigenvalue weighted by molar-refractivity contribution is -0.121. The minimum atomic E-state index is -0.298. The first-order chi connectivity index (χ1) is 18.9. The molecule has 0 aliphatic carbocycles. The number of halogens is 1. The molecule has 1 atom stereocenters. The van der Waals surface area contributed by atoms with Crippen LogP contribution >= 0.6 is 23.4 Å². The summed E-state index contributed by atoms with van der Waals surface area (Å²) in [5, 5.41) is 13.6. The number of carbonyl (C=O) groups excluding carboxylic acids is 1. The van der Waals surface area contributed by atoms with Gasteiger partial charge < -0.3 is 10.1 Å². The van der Waals surface area contributed by atoms with Crippen molar-refractivity contribution >= 4 is 29.3 Å². The summed E-state index contributed by atoms with van der Waals surface area (Å²) < 4.78 is 7.39. The lowest BCUT2D eigenvalue weighted by atomic mass is 10.1. The fraction of sp³-hybridized carbons (Fsp3) is 0.516. The van der Waals surface area contributed by atoms with Crippen LogP contribution in [0.1, 0.15) is 101 Å². The van der Waals surface area contributed by atoms with Crippen LogP contribution in [0.15, 0.2) is 47.6 Å². The summed E-state index contributed by atoms with van der Waals surface area (Å²) in [6, 6.07) is 13.5. The molecule has 0 bridgehead atoms. The number of methoxy groups -OCH3 is 1. The van der Waals surface area contributed by atoms with Crippen molar-refractivity contribution in [3.05, 3.63) is 64.4 Å². The molecule has 1 N–H and O–H groups in total. The van der Waals surface area contributed by atoms with E-state index in [-0.39, 0.29) is 11.9 Å². The summed E-state index contributed by atoms with van der Waals surface area (Å²) >= 11 is 7.98. The van der Waals surface area contributed by atoms with Gasteiger partial charge in [0.1, 0.15) is 5.75 Å². The van der Waals surface area contributed by atoms with Crippen LogP contribution in [-0.4, -0.2) is 27.8 Å². The van der Waals surface area contributed by atoms with Crippen molar-refractivity contribution in [3.63, 3.8) is 0 Å². The van der Waals surface area contributed by atoms with Gasteiger partial charge in [-0.1, -0.05) is 99.9 Å². The second-order valence-electron chi connectivity index (χ2n) is 10.1. The van der Waals surface area contributed by atoms with E-state index < -0.39 is 0 Å². The molecule has 2 aromatic carbocycles. The predicted molar refractivity (Wildman–Crippen MR) is 162 cm³/mol. The largest absolute Gasteiger partial charge is 0.497 e. The molecule has 3 rings (SSSR count). The van der Waals surface area contributed by atoms with Gasteiger partial charge in [-0.15, -0.1) is 10.2 Å². The molecular weight excluding hydrogens is 528 g/mol. The van der Waals surface area contributed by atoms with Crippen LogP contribution in [0.5, 0.6) is 5.75 Å². The summed E-state index contributed by atoms with van der Waals surface area (Å²) in [5.41, 5.74) is 3.09. The molecule has 0 aliphatic heterocycles. The number of thioether (sulfide) groups is 1. The van der Waals surface area contributed by atoms with E-state index in [1.165, 1.54) is 44.9 Å². The normalized spacial score (nSPS) is 11.9. The Balaban J connectivity index is 1.64. The van der Waals surface area contributed by atoms with Gasteiger partial charge in [-0.3, -0.25) is 9.36 Å². The number of ether oxygens (including phenoxy) is 1. The van der Waals surface area contributed by atoms with Crippen LogP contribution in [0.25, 0.3) is 5.69 Å². The minimum Gasteiger partial charge on any atom is -0.497 e. The molecule has 0 aliphatic rings. The van der Waals surface area contributed by atoms with Gasteiger partial charge in [0.15, 0.2) is 11.0 Å². The first-order valence-electron chi connectivity index (χ1n) is 14.2. The van der Waals surface area contributed by atoms with Crippen molar-refractivity contribution in [2.24, 2.45) is 0 Å². The maximum Gasteiger partial charge on any atom is 0.220 e. The number of aromatic nitrogens is 3. The number of benzene rings is 2. The number of carbonyl (C=O) groups is 1. The summed E-state index contributed by atoms with van der Waals surface area (Å²) in [7, 11) is 1.67. The van der Waals surface area contributed by atoms with Crippen molar-refractivity contribution in [2.75, 3.05) is 7.11 Å². The molecule has 0 radical (unpaired) electrons. The third-order valence-corrected chi connectivity index (χ3v) is 8.08. The summed E-state index contributed by atoms with van der Waals surface area (Å²) in [4.78, 5) is 12.8. The summed E-state index contributed by atoms with van der Waals surface area (Å²) in [6.07, 6.45) is 11.6. The molecule has 0 spiro atoms. The Morgan fingerprint density at radius 2 is 1.74 bits per heavy atom. The molecule has 0 saturated carbocycles. The van der Waals surface area contributed by atoms with Crippen LogP contribution in [0, 0.1) is 6.92 Å². The van der Waals surface area contributed by atoms with E-state index in [2.05, 4.69) is 28.5 Å². The summed E-state index contributed by atoms with van der Waals surface area (Å²) in [6.45, 7) is 6.25. The minimum absolute atomic E-state index is 0.0494. The van der Waals surface area contributed by atoms with Gasteiger partial charge in [0.2, 0.25) is 5.91 Å². The van der Waals surface area contributed by atoms with Gasteiger partial charge in [-0.05, 0) is 55.7 Å². The molecule has 1 unspecified atom stereocenters.